The molecule has 0 saturated heterocycles. The Labute approximate surface area is 106 Å². The molecule has 0 radical (unpaired) electrons. The summed E-state index contributed by atoms with van der Waals surface area (Å²) in [6, 6.07) is 8.11. The molecule has 0 saturated carbocycles. The zero-order valence-corrected chi connectivity index (χ0v) is 10.5. The topological polar surface area (TPSA) is 27.1 Å². The van der Waals surface area contributed by atoms with Crippen LogP contribution in [-0.2, 0) is 18.8 Å². The van der Waals surface area contributed by atoms with Crippen molar-refractivity contribution in [1.29, 1.82) is 0 Å². The number of alkyl halides is 1. The highest BCUT2D eigenvalue weighted by Crippen LogP contribution is 2.13. The predicted octanol–water partition coefficient (Wildman–Crippen LogP) is 2.87. The van der Waals surface area contributed by atoms with Gasteiger partial charge < -0.3 is 9.30 Å². The van der Waals surface area contributed by atoms with Crippen LogP contribution in [0.2, 0.25) is 0 Å². The maximum atomic E-state index is 5.82. The SMILES string of the molecule is COc1ccc(CCn2cncc2CCl)cc1. The third kappa shape index (κ3) is 3.01. The Bertz CT molecular complexity index is 465. The van der Waals surface area contributed by atoms with E-state index < -0.39 is 0 Å². The predicted molar refractivity (Wildman–Crippen MR) is 68.5 cm³/mol. The van der Waals surface area contributed by atoms with Crippen LogP contribution in [0.1, 0.15) is 11.3 Å². The van der Waals surface area contributed by atoms with Crippen molar-refractivity contribution in [2.75, 3.05) is 7.11 Å². The molecule has 0 aliphatic carbocycles. The fourth-order valence-electron chi connectivity index (χ4n) is 1.70. The normalized spacial score (nSPS) is 10.5. The highest BCUT2D eigenvalue weighted by molar-refractivity contribution is 6.16. The molecular formula is C13H15ClN2O. The van der Waals surface area contributed by atoms with Crippen molar-refractivity contribution in [3.63, 3.8) is 0 Å². The van der Waals surface area contributed by atoms with E-state index in [1.165, 1.54) is 5.56 Å². The Morgan fingerprint density at radius 3 is 2.71 bits per heavy atom. The number of ether oxygens (including phenoxy) is 1. The van der Waals surface area contributed by atoms with Gasteiger partial charge in [0.05, 0.1) is 25.0 Å². The van der Waals surface area contributed by atoms with Crippen LogP contribution >= 0.6 is 11.6 Å². The Hall–Kier alpha value is -1.48. The van der Waals surface area contributed by atoms with Crippen LogP contribution in [0.15, 0.2) is 36.8 Å². The van der Waals surface area contributed by atoms with Crippen molar-refractivity contribution in [2.24, 2.45) is 0 Å². The molecule has 1 aromatic heterocycles. The lowest BCUT2D eigenvalue weighted by Gasteiger charge is -2.06. The number of rotatable bonds is 5. The second kappa shape index (κ2) is 5.73. The lowest BCUT2D eigenvalue weighted by molar-refractivity contribution is 0.414. The van der Waals surface area contributed by atoms with Gasteiger partial charge in [-0.15, -0.1) is 11.6 Å². The molecule has 0 bridgehead atoms. The molecule has 17 heavy (non-hydrogen) atoms. The molecule has 90 valence electrons. The summed E-state index contributed by atoms with van der Waals surface area (Å²) in [7, 11) is 1.67. The van der Waals surface area contributed by atoms with Gasteiger partial charge in [0.25, 0.3) is 0 Å². The molecule has 0 aliphatic heterocycles. The second-order valence-electron chi connectivity index (χ2n) is 3.81. The van der Waals surface area contributed by atoms with Crippen molar-refractivity contribution < 1.29 is 4.74 Å². The van der Waals surface area contributed by atoms with Crippen LogP contribution in [-0.4, -0.2) is 16.7 Å². The molecule has 1 aromatic carbocycles. The summed E-state index contributed by atoms with van der Waals surface area (Å²) in [6.07, 6.45) is 4.59. The molecule has 0 fully saturated rings. The van der Waals surface area contributed by atoms with Crippen LogP contribution in [0.5, 0.6) is 5.75 Å². The van der Waals surface area contributed by atoms with Crippen molar-refractivity contribution in [2.45, 2.75) is 18.8 Å². The summed E-state index contributed by atoms with van der Waals surface area (Å²) in [6.45, 7) is 0.897. The Morgan fingerprint density at radius 1 is 1.29 bits per heavy atom. The van der Waals surface area contributed by atoms with Crippen LogP contribution in [0.4, 0.5) is 0 Å². The van der Waals surface area contributed by atoms with Gasteiger partial charge in [0, 0.05) is 12.7 Å². The standard InChI is InChI=1S/C13H15ClN2O/c1-17-13-4-2-11(3-5-13)6-7-16-10-15-9-12(16)8-14/h2-5,9-10H,6-8H2,1H3. The fraction of sp³-hybridized carbons (Fsp3) is 0.308. The summed E-state index contributed by atoms with van der Waals surface area (Å²) >= 11 is 5.82. The van der Waals surface area contributed by atoms with E-state index in [4.69, 9.17) is 16.3 Å². The molecule has 0 aliphatic rings. The molecule has 0 spiro atoms. The van der Waals surface area contributed by atoms with Gasteiger partial charge in [-0.1, -0.05) is 12.1 Å². The number of halogens is 1. The van der Waals surface area contributed by atoms with E-state index in [1.807, 2.05) is 18.5 Å². The third-order valence-corrected chi connectivity index (χ3v) is 3.01. The van der Waals surface area contributed by atoms with Gasteiger partial charge in [-0.2, -0.15) is 0 Å². The van der Waals surface area contributed by atoms with Gasteiger partial charge >= 0.3 is 0 Å². The van der Waals surface area contributed by atoms with E-state index in [0.29, 0.717) is 5.88 Å². The summed E-state index contributed by atoms with van der Waals surface area (Å²) in [4.78, 5) is 4.09. The van der Waals surface area contributed by atoms with Gasteiger partial charge in [0.1, 0.15) is 5.75 Å². The average Bonchev–Trinajstić information content (AvgIpc) is 2.84. The smallest absolute Gasteiger partial charge is 0.118 e. The third-order valence-electron chi connectivity index (χ3n) is 2.74. The van der Waals surface area contributed by atoms with Gasteiger partial charge in [0.2, 0.25) is 0 Å². The molecule has 3 nitrogen and oxygen atoms in total. The lowest BCUT2D eigenvalue weighted by Crippen LogP contribution is -2.03. The molecule has 2 aromatic rings. The Balaban J connectivity index is 1.97. The largest absolute Gasteiger partial charge is 0.497 e. The number of hydrogen-bond donors (Lipinski definition) is 0. The molecule has 0 amide bonds. The van der Waals surface area contributed by atoms with Crippen LogP contribution in [0.3, 0.4) is 0 Å². The average molecular weight is 251 g/mol. The number of benzene rings is 1. The van der Waals surface area contributed by atoms with Gasteiger partial charge in [-0.05, 0) is 24.1 Å². The molecule has 0 N–H and O–H groups in total. The van der Waals surface area contributed by atoms with E-state index in [9.17, 15) is 0 Å². The first-order valence-corrected chi connectivity index (χ1v) is 6.05. The summed E-state index contributed by atoms with van der Waals surface area (Å²) in [5.74, 6) is 1.39. The minimum absolute atomic E-state index is 0.503. The zero-order valence-electron chi connectivity index (χ0n) is 9.77. The van der Waals surface area contributed by atoms with Gasteiger partial charge in [-0.3, -0.25) is 0 Å². The highest BCUT2D eigenvalue weighted by atomic mass is 35.5. The molecule has 1 heterocycles. The van der Waals surface area contributed by atoms with Crippen molar-refractivity contribution in [3.05, 3.63) is 48.0 Å². The maximum Gasteiger partial charge on any atom is 0.118 e. The first-order chi connectivity index (χ1) is 8.33. The van der Waals surface area contributed by atoms with Crippen molar-refractivity contribution in [3.8, 4) is 5.75 Å². The number of imidazole rings is 1. The highest BCUT2D eigenvalue weighted by Gasteiger charge is 2.01. The lowest BCUT2D eigenvalue weighted by atomic mass is 10.1. The zero-order chi connectivity index (χ0) is 12.1. The summed E-state index contributed by atoms with van der Waals surface area (Å²) < 4.78 is 7.20. The summed E-state index contributed by atoms with van der Waals surface area (Å²) in [5, 5.41) is 0. The number of aromatic nitrogens is 2. The number of methoxy groups -OCH3 is 1. The molecule has 4 heteroatoms. The quantitative estimate of drug-likeness (QED) is 0.763. The Kier molecular flexibility index (Phi) is 4.04. The maximum absolute atomic E-state index is 5.82. The van der Waals surface area contributed by atoms with Gasteiger partial charge in [-0.25, -0.2) is 4.98 Å². The molecule has 2 rings (SSSR count). The van der Waals surface area contributed by atoms with Crippen molar-refractivity contribution >= 4 is 11.6 Å². The van der Waals surface area contributed by atoms with E-state index in [2.05, 4.69) is 21.7 Å². The number of aryl methyl sites for hydroxylation is 2. The van der Waals surface area contributed by atoms with Crippen LogP contribution < -0.4 is 4.74 Å². The van der Waals surface area contributed by atoms with Crippen LogP contribution in [0, 0.1) is 0 Å². The molecular weight excluding hydrogens is 236 g/mol. The van der Waals surface area contributed by atoms with Crippen LogP contribution in [0.25, 0.3) is 0 Å². The van der Waals surface area contributed by atoms with E-state index >= 15 is 0 Å². The minimum atomic E-state index is 0.503. The molecule has 0 atom stereocenters. The first-order valence-electron chi connectivity index (χ1n) is 5.51. The van der Waals surface area contributed by atoms with E-state index in [-0.39, 0.29) is 0 Å². The van der Waals surface area contributed by atoms with E-state index in [1.54, 1.807) is 13.3 Å². The van der Waals surface area contributed by atoms with Crippen molar-refractivity contribution in [1.82, 2.24) is 9.55 Å². The minimum Gasteiger partial charge on any atom is -0.497 e. The number of hydrogen-bond acceptors (Lipinski definition) is 2. The van der Waals surface area contributed by atoms with E-state index in [0.717, 1.165) is 24.4 Å². The number of nitrogens with zero attached hydrogens (tertiary/aromatic N) is 2. The summed E-state index contributed by atoms with van der Waals surface area (Å²) in [5.41, 5.74) is 2.33. The fourth-order valence-corrected chi connectivity index (χ4v) is 1.93. The van der Waals surface area contributed by atoms with Gasteiger partial charge in [0.15, 0.2) is 0 Å². The Morgan fingerprint density at radius 2 is 2.06 bits per heavy atom. The monoisotopic (exact) mass is 250 g/mol. The second-order valence-corrected chi connectivity index (χ2v) is 4.08. The molecule has 0 unspecified atom stereocenters. The first kappa shape index (κ1) is 12.0.